The second kappa shape index (κ2) is 6.50. The molecule has 0 atom stereocenters. The maximum atomic E-state index is 8.93. The molecule has 126 valence electrons. The minimum Gasteiger partial charge on any atom is -0.314 e. The van der Waals surface area contributed by atoms with E-state index in [9.17, 15) is 0 Å². The van der Waals surface area contributed by atoms with Crippen molar-refractivity contribution in [3.8, 4) is 17.2 Å². The lowest BCUT2D eigenvalue weighted by Gasteiger charge is -2.11. The van der Waals surface area contributed by atoms with E-state index in [1.54, 1.807) is 18.5 Å². The van der Waals surface area contributed by atoms with Crippen LogP contribution in [0.5, 0.6) is 0 Å². The third-order valence-corrected chi connectivity index (χ3v) is 4.78. The summed E-state index contributed by atoms with van der Waals surface area (Å²) in [5.74, 6) is 0.670. The molecule has 0 saturated carbocycles. The number of hydrogen-bond acceptors (Lipinski definition) is 7. The number of anilines is 2. The van der Waals surface area contributed by atoms with Crippen LogP contribution in [0.15, 0.2) is 42.0 Å². The van der Waals surface area contributed by atoms with Gasteiger partial charge in [-0.3, -0.25) is 0 Å². The summed E-state index contributed by atoms with van der Waals surface area (Å²) in [4.78, 5) is 17.8. The van der Waals surface area contributed by atoms with E-state index in [2.05, 4.69) is 25.3 Å². The van der Waals surface area contributed by atoms with E-state index in [1.807, 2.05) is 43.5 Å². The number of hydrogen-bond donors (Lipinski definition) is 1. The Hall–Kier alpha value is -3.37. The van der Waals surface area contributed by atoms with Gasteiger partial charge in [-0.25, -0.2) is 19.9 Å². The zero-order chi connectivity index (χ0) is 18.1. The van der Waals surface area contributed by atoms with Crippen LogP contribution in [0.2, 0.25) is 0 Å². The van der Waals surface area contributed by atoms with Gasteiger partial charge in [-0.2, -0.15) is 5.26 Å². The van der Waals surface area contributed by atoms with Crippen LogP contribution in [0.4, 0.5) is 10.9 Å². The van der Waals surface area contributed by atoms with Gasteiger partial charge in [0.05, 0.1) is 5.69 Å². The lowest BCUT2D eigenvalue weighted by atomic mass is 10.0. The molecule has 4 heterocycles. The van der Waals surface area contributed by atoms with Crippen LogP contribution in [-0.2, 0) is 0 Å². The molecule has 6 nitrogen and oxygen atoms in total. The summed E-state index contributed by atoms with van der Waals surface area (Å²) in [6.45, 7) is 3.91. The molecule has 0 aromatic carbocycles. The minimum absolute atomic E-state index is 0.386. The molecular weight excluding hydrogens is 344 g/mol. The fourth-order valence-electron chi connectivity index (χ4n) is 2.67. The van der Waals surface area contributed by atoms with Gasteiger partial charge < -0.3 is 5.32 Å². The van der Waals surface area contributed by atoms with Gasteiger partial charge in [0.15, 0.2) is 10.9 Å². The molecule has 0 aliphatic carbocycles. The van der Waals surface area contributed by atoms with Crippen molar-refractivity contribution in [3.63, 3.8) is 0 Å². The lowest BCUT2D eigenvalue weighted by Crippen LogP contribution is -1.98. The molecule has 0 bridgehead atoms. The average Bonchev–Trinajstić information content (AvgIpc) is 3.07. The van der Waals surface area contributed by atoms with Crippen LogP contribution in [0.3, 0.4) is 0 Å². The van der Waals surface area contributed by atoms with Crippen molar-refractivity contribution in [2.45, 2.75) is 13.8 Å². The van der Waals surface area contributed by atoms with Crippen molar-refractivity contribution < 1.29 is 0 Å². The standard InChI is InChI=1S/C19H14N6S/c1-11-3-6-15-16(13-4-5-14(7-20)21-8-13)9-22-18(17(15)23-11)25-19-24-12(2)10-26-19/h3-6,8-10H,1-2H3,(H,22,24,25). The van der Waals surface area contributed by atoms with Crippen LogP contribution < -0.4 is 5.32 Å². The molecule has 0 aliphatic heterocycles. The Labute approximate surface area is 154 Å². The molecule has 0 unspecified atom stereocenters. The third-order valence-electron chi connectivity index (χ3n) is 3.91. The second-order valence-electron chi connectivity index (χ2n) is 5.83. The Morgan fingerprint density at radius 2 is 1.88 bits per heavy atom. The van der Waals surface area contributed by atoms with Crippen molar-refractivity contribution in [1.29, 1.82) is 5.26 Å². The number of nitrogens with zero attached hydrogens (tertiary/aromatic N) is 5. The van der Waals surface area contributed by atoms with E-state index < -0.39 is 0 Å². The molecule has 4 rings (SSSR count). The van der Waals surface area contributed by atoms with E-state index in [0.717, 1.165) is 38.5 Å². The number of thiazole rings is 1. The summed E-state index contributed by atoms with van der Waals surface area (Å²) in [5, 5.41) is 15.9. The topological polar surface area (TPSA) is 87.4 Å². The summed E-state index contributed by atoms with van der Waals surface area (Å²) in [6, 6.07) is 9.61. The van der Waals surface area contributed by atoms with Gasteiger partial charge in [0.2, 0.25) is 0 Å². The molecular formula is C19H14N6S. The highest BCUT2D eigenvalue weighted by Crippen LogP contribution is 2.32. The Morgan fingerprint density at radius 1 is 1.00 bits per heavy atom. The first-order valence-electron chi connectivity index (χ1n) is 7.96. The predicted octanol–water partition coefficient (Wildman–Crippen LogP) is 4.38. The van der Waals surface area contributed by atoms with Crippen molar-refractivity contribution in [1.82, 2.24) is 19.9 Å². The van der Waals surface area contributed by atoms with Crippen molar-refractivity contribution in [2.24, 2.45) is 0 Å². The smallest absolute Gasteiger partial charge is 0.188 e. The van der Waals surface area contributed by atoms with E-state index in [4.69, 9.17) is 5.26 Å². The van der Waals surface area contributed by atoms with Gasteiger partial charge in [0, 0.05) is 40.0 Å². The molecule has 0 aliphatic rings. The van der Waals surface area contributed by atoms with Gasteiger partial charge in [-0.1, -0.05) is 6.07 Å². The zero-order valence-corrected chi connectivity index (χ0v) is 15.0. The highest BCUT2D eigenvalue weighted by Gasteiger charge is 2.12. The number of nitrogens with one attached hydrogen (secondary N) is 1. The van der Waals surface area contributed by atoms with Crippen LogP contribution in [0.25, 0.3) is 22.0 Å². The Balaban J connectivity index is 1.85. The summed E-state index contributed by atoms with van der Waals surface area (Å²) >= 11 is 1.53. The monoisotopic (exact) mass is 358 g/mol. The fraction of sp³-hybridized carbons (Fsp3) is 0.105. The molecule has 0 saturated heterocycles. The van der Waals surface area contributed by atoms with Crippen LogP contribution in [-0.4, -0.2) is 19.9 Å². The van der Waals surface area contributed by atoms with E-state index in [-0.39, 0.29) is 0 Å². The average molecular weight is 358 g/mol. The number of fused-ring (bicyclic) bond motifs is 1. The Bertz CT molecular complexity index is 1140. The predicted molar refractivity (Wildman–Crippen MR) is 102 cm³/mol. The first kappa shape index (κ1) is 16.1. The number of aromatic nitrogens is 4. The van der Waals surface area contributed by atoms with E-state index in [0.29, 0.717) is 11.5 Å². The molecule has 1 N–H and O–H groups in total. The first-order chi connectivity index (χ1) is 12.6. The fourth-order valence-corrected chi connectivity index (χ4v) is 3.36. The number of pyridine rings is 3. The molecule has 0 spiro atoms. The maximum Gasteiger partial charge on any atom is 0.188 e. The van der Waals surface area contributed by atoms with Gasteiger partial charge >= 0.3 is 0 Å². The molecule has 4 aromatic heterocycles. The number of nitriles is 1. The van der Waals surface area contributed by atoms with Crippen molar-refractivity contribution >= 4 is 33.2 Å². The largest absolute Gasteiger partial charge is 0.314 e. The van der Waals surface area contributed by atoms with Gasteiger partial charge in [0.25, 0.3) is 0 Å². The minimum atomic E-state index is 0.386. The molecule has 0 fully saturated rings. The molecule has 4 aromatic rings. The van der Waals surface area contributed by atoms with E-state index in [1.165, 1.54) is 11.3 Å². The molecule has 0 amide bonds. The Kier molecular flexibility index (Phi) is 4.03. The zero-order valence-electron chi connectivity index (χ0n) is 14.2. The van der Waals surface area contributed by atoms with Crippen LogP contribution in [0, 0.1) is 25.2 Å². The molecule has 26 heavy (non-hydrogen) atoms. The summed E-state index contributed by atoms with van der Waals surface area (Å²) in [5.41, 5.74) is 4.85. The van der Waals surface area contributed by atoms with Gasteiger partial charge in [-0.05, 0) is 32.0 Å². The van der Waals surface area contributed by atoms with Gasteiger partial charge in [-0.15, -0.1) is 11.3 Å². The first-order valence-corrected chi connectivity index (χ1v) is 8.84. The number of aryl methyl sites for hydroxylation is 2. The third kappa shape index (κ3) is 2.98. The number of rotatable bonds is 3. The van der Waals surface area contributed by atoms with E-state index >= 15 is 0 Å². The quantitative estimate of drug-likeness (QED) is 0.585. The van der Waals surface area contributed by atoms with Crippen LogP contribution >= 0.6 is 11.3 Å². The Morgan fingerprint density at radius 3 is 2.58 bits per heavy atom. The van der Waals surface area contributed by atoms with Gasteiger partial charge in [0.1, 0.15) is 17.3 Å². The lowest BCUT2D eigenvalue weighted by molar-refractivity contribution is 1.21. The normalized spacial score (nSPS) is 10.7. The second-order valence-corrected chi connectivity index (χ2v) is 6.69. The summed E-state index contributed by atoms with van der Waals surface area (Å²) in [7, 11) is 0. The van der Waals surface area contributed by atoms with Crippen molar-refractivity contribution in [3.05, 3.63) is 59.1 Å². The summed E-state index contributed by atoms with van der Waals surface area (Å²) < 4.78 is 0. The summed E-state index contributed by atoms with van der Waals surface area (Å²) in [6.07, 6.45) is 3.48. The molecule has 0 radical (unpaired) electrons. The van der Waals surface area contributed by atoms with Crippen LogP contribution in [0.1, 0.15) is 17.1 Å². The highest BCUT2D eigenvalue weighted by atomic mass is 32.1. The SMILES string of the molecule is Cc1csc(Nc2ncc(-c3ccc(C#N)nc3)c3ccc(C)nc23)n1. The van der Waals surface area contributed by atoms with Crippen molar-refractivity contribution in [2.75, 3.05) is 5.32 Å². The molecule has 7 heteroatoms. The highest BCUT2D eigenvalue weighted by molar-refractivity contribution is 7.13. The maximum absolute atomic E-state index is 8.93.